The number of likely N-dealkylation sites (tertiary alicyclic amines) is 1. The van der Waals surface area contributed by atoms with E-state index in [1.165, 1.54) is 11.8 Å². The number of ketones is 1. The van der Waals surface area contributed by atoms with Crippen molar-refractivity contribution in [2.24, 2.45) is 11.7 Å². The lowest BCUT2D eigenvalue weighted by Crippen LogP contribution is -2.54. The second kappa shape index (κ2) is 23.5. The molecule has 0 saturated carbocycles. The first-order chi connectivity index (χ1) is 35.7. The summed E-state index contributed by atoms with van der Waals surface area (Å²) in [7, 11) is 1.59. The van der Waals surface area contributed by atoms with E-state index in [0.717, 1.165) is 16.5 Å². The number of rotatable bonds is 20. The van der Waals surface area contributed by atoms with E-state index in [1.54, 1.807) is 85.8 Å². The molecule has 1 saturated heterocycles. The number of nitrogens with two attached hydrogens (primary N) is 1. The molecule has 22 heteroatoms. The SMILES string of the molecule is CCc1c2c(nc3ccc(OC(=O)N(C)C[C@@H]4CCCN4C(=O)OCc4ccc(NC(=O)[C@H](CCCNC(N)=O)NC(=O)[C@@H](NC(=O)CCC(C)=O)C(C)C)cc4)cc13)-c1cc3c(c(=O)n1C2)COC(=O)[C@]3(O)CC. The molecule has 0 radical (unpaired) electrons. The van der Waals surface area contributed by atoms with Gasteiger partial charge in [0.2, 0.25) is 17.7 Å². The van der Waals surface area contributed by atoms with Gasteiger partial charge in [-0.15, -0.1) is 0 Å². The molecule has 0 spiro atoms. The highest BCUT2D eigenvalue weighted by Gasteiger charge is 2.45. The van der Waals surface area contributed by atoms with Crippen LogP contribution in [0.5, 0.6) is 5.75 Å². The summed E-state index contributed by atoms with van der Waals surface area (Å²) in [5.74, 6) is -2.66. The van der Waals surface area contributed by atoms with Crippen molar-refractivity contribution in [1.82, 2.24) is 35.3 Å². The van der Waals surface area contributed by atoms with E-state index in [2.05, 4.69) is 21.3 Å². The van der Waals surface area contributed by atoms with Crippen LogP contribution >= 0.6 is 0 Å². The molecule has 1 fully saturated rings. The van der Waals surface area contributed by atoms with Gasteiger partial charge in [-0.05, 0) is 98.9 Å². The first-order valence-electron chi connectivity index (χ1n) is 25.2. The summed E-state index contributed by atoms with van der Waals surface area (Å²) in [6.45, 7) is 9.12. The number of hydrogen-bond donors (Lipinski definition) is 6. The van der Waals surface area contributed by atoms with E-state index in [0.29, 0.717) is 54.0 Å². The zero-order valence-electron chi connectivity index (χ0n) is 43.0. The summed E-state index contributed by atoms with van der Waals surface area (Å²) in [6.07, 6.45) is 1.06. The lowest BCUT2D eigenvalue weighted by molar-refractivity contribution is -0.172. The number of benzene rings is 2. The normalized spacial score (nSPS) is 17.2. The number of cyclic esters (lactones) is 1. The molecular weight excluding hydrogens is 971 g/mol. The third-order valence-electron chi connectivity index (χ3n) is 13.9. The number of primary amides is 1. The van der Waals surface area contributed by atoms with Crippen molar-refractivity contribution in [1.29, 1.82) is 0 Å². The van der Waals surface area contributed by atoms with Crippen molar-refractivity contribution in [2.45, 2.75) is 129 Å². The number of pyridine rings is 2. The number of esters is 1. The molecule has 75 heavy (non-hydrogen) atoms. The lowest BCUT2D eigenvalue weighted by Gasteiger charge is -2.31. The Hall–Kier alpha value is -7.88. The van der Waals surface area contributed by atoms with Gasteiger partial charge in [0, 0.05) is 61.7 Å². The van der Waals surface area contributed by atoms with Crippen molar-refractivity contribution in [2.75, 3.05) is 32.0 Å². The molecule has 22 nitrogen and oxygen atoms in total. The topological polar surface area (TPSA) is 300 Å². The van der Waals surface area contributed by atoms with Crippen molar-refractivity contribution in [3.05, 3.63) is 86.7 Å². The van der Waals surface area contributed by atoms with E-state index < -0.39 is 59.6 Å². The average Bonchev–Trinajstić information content (AvgIpc) is 4.01. The monoisotopic (exact) mass is 1040 g/mol. The van der Waals surface area contributed by atoms with Crippen LogP contribution in [0.25, 0.3) is 22.3 Å². The van der Waals surface area contributed by atoms with Crippen LogP contribution in [-0.4, -0.2) is 117 Å². The maximum atomic E-state index is 13.8. The fourth-order valence-electron chi connectivity index (χ4n) is 9.70. The molecule has 2 aromatic heterocycles. The summed E-state index contributed by atoms with van der Waals surface area (Å²) in [5.41, 5.74) is 7.75. The maximum Gasteiger partial charge on any atom is 0.415 e. The predicted molar refractivity (Wildman–Crippen MR) is 273 cm³/mol. The fraction of sp³-hybridized carbons (Fsp3) is 0.472. The molecule has 400 valence electrons. The highest BCUT2D eigenvalue weighted by molar-refractivity contribution is 5.99. The number of carbonyl (C=O) groups excluding carboxylic acids is 8. The van der Waals surface area contributed by atoms with Gasteiger partial charge >= 0.3 is 24.2 Å². The molecule has 5 heterocycles. The van der Waals surface area contributed by atoms with Crippen molar-refractivity contribution >= 4 is 64.3 Å². The van der Waals surface area contributed by atoms with Gasteiger partial charge in [-0.3, -0.25) is 19.2 Å². The number of hydrogen-bond acceptors (Lipinski definition) is 14. The number of nitrogens with one attached hydrogen (secondary N) is 4. The summed E-state index contributed by atoms with van der Waals surface area (Å²) in [6, 6.07) is 10.2. The Labute approximate surface area is 433 Å². The molecule has 3 aliphatic heterocycles. The Balaban J connectivity index is 0.935. The minimum atomic E-state index is -1.95. The summed E-state index contributed by atoms with van der Waals surface area (Å²) in [5, 5.41) is 22.6. The van der Waals surface area contributed by atoms with Gasteiger partial charge in [0.05, 0.1) is 35.1 Å². The van der Waals surface area contributed by atoms with Gasteiger partial charge in [-0.2, -0.15) is 0 Å². The zero-order chi connectivity index (χ0) is 54.3. The van der Waals surface area contributed by atoms with E-state index >= 15 is 0 Å². The van der Waals surface area contributed by atoms with Crippen molar-refractivity contribution < 1.29 is 57.7 Å². The molecule has 2 aromatic carbocycles. The number of urea groups is 1. The lowest BCUT2D eigenvalue weighted by atomic mass is 9.86. The first kappa shape index (κ1) is 54.9. The summed E-state index contributed by atoms with van der Waals surface area (Å²) < 4.78 is 18.3. The number of aryl methyl sites for hydroxylation is 1. The first-order valence-corrected chi connectivity index (χ1v) is 25.2. The Morgan fingerprint density at radius 1 is 0.987 bits per heavy atom. The van der Waals surface area contributed by atoms with Crippen LogP contribution in [-0.2, 0) is 65.2 Å². The van der Waals surface area contributed by atoms with E-state index in [9.17, 15) is 48.3 Å². The second-order valence-corrected chi connectivity index (χ2v) is 19.5. The molecule has 3 aliphatic rings. The van der Waals surface area contributed by atoms with Crippen LogP contribution in [0.3, 0.4) is 0 Å². The van der Waals surface area contributed by atoms with Gasteiger partial charge in [0.15, 0.2) is 5.60 Å². The van der Waals surface area contributed by atoms with E-state index in [4.69, 9.17) is 24.9 Å². The maximum absolute atomic E-state index is 13.8. The summed E-state index contributed by atoms with van der Waals surface area (Å²) >= 11 is 0. The summed E-state index contributed by atoms with van der Waals surface area (Å²) in [4.78, 5) is 123. The molecule has 0 unspecified atom stereocenters. The van der Waals surface area contributed by atoms with Crippen LogP contribution in [0.4, 0.5) is 20.1 Å². The van der Waals surface area contributed by atoms with E-state index in [1.807, 2.05) is 6.92 Å². The van der Waals surface area contributed by atoms with Crippen LogP contribution in [0.15, 0.2) is 53.3 Å². The number of aromatic nitrogens is 2. The Morgan fingerprint density at radius 3 is 2.41 bits per heavy atom. The molecule has 0 aliphatic carbocycles. The molecule has 0 bridgehead atoms. The standard InChI is InChI=1S/C53H65N9O13/c1-7-35-36-23-34(18-19-40(36)57-45-37(35)26-62-42(45)24-39-38(48(62)67)28-73-49(68)53(39,72)8-2)75-51(70)60(6)25-33-11-10-22-61(33)52(71)74-27-31-14-16-32(17-15-31)56-46(65)41(12-9-21-55-50(54)69)58-47(66)44(29(3)4)59-43(64)20-13-30(5)63/h14-19,23-24,29,33,41,44,72H,7-13,20-22,25-28H2,1-6H3,(H,56,65)(H,58,66)(H,59,64)(H3,54,55,69)/t33-,41-,44-,53-/m0/s1. The largest absolute Gasteiger partial charge is 0.458 e. The van der Waals surface area contributed by atoms with Crippen LogP contribution in [0.2, 0.25) is 0 Å². The number of aliphatic hydroxyl groups is 1. The van der Waals surface area contributed by atoms with Gasteiger partial charge in [-0.25, -0.2) is 24.2 Å². The number of fused-ring (bicyclic) bond motifs is 5. The van der Waals surface area contributed by atoms with Crippen LogP contribution < -0.4 is 37.3 Å². The van der Waals surface area contributed by atoms with E-state index in [-0.39, 0.29) is 105 Å². The number of nitrogens with zero attached hydrogens (tertiary/aromatic N) is 4. The number of carbonyl (C=O) groups is 8. The van der Waals surface area contributed by atoms with Crippen LogP contribution in [0.1, 0.15) is 107 Å². The molecule has 4 aromatic rings. The molecule has 7 N–H and O–H groups in total. The molecule has 7 amide bonds. The zero-order valence-corrected chi connectivity index (χ0v) is 43.0. The third kappa shape index (κ3) is 12.4. The Morgan fingerprint density at radius 2 is 1.73 bits per heavy atom. The molecular formula is C53H65N9O13. The highest BCUT2D eigenvalue weighted by Crippen LogP contribution is 2.41. The second-order valence-electron chi connectivity index (χ2n) is 19.5. The average molecular weight is 1040 g/mol. The van der Waals surface area contributed by atoms with Crippen molar-refractivity contribution in [3.63, 3.8) is 0 Å². The van der Waals surface area contributed by atoms with Crippen LogP contribution in [0, 0.1) is 5.92 Å². The van der Waals surface area contributed by atoms with Gasteiger partial charge in [0.25, 0.3) is 5.56 Å². The fourth-order valence-corrected chi connectivity index (χ4v) is 9.70. The Kier molecular flexibility index (Phi) is 17.2. The van der Waals surface area contributed by atoms with Gasteiger partial charge in [-0.1, -0.05) is 39.8 Å². The number of amides is 7. The number of ether oxygens (including phenoxy) is 3. The third-order valence-corrected chi connectivity index (χ3v) is 13.9. The highest BCUT2D eigenvalue weighted by atomic mass is 16.6. The van der Waals surface area contributed by atoms with Gasteiger partial charge < -0.3 is 65.5 Å². The minimum absolute atomic E-state index is 0.0253. The number of likely N-dealkylation sites (N-methyl/N-ethyl adjacent to an activating group) is 1. The van der Waals surface area contributed by atoms with Crippen molar-refractivity contribution in [3.8, 4) is 17.1 Å². The molecule has 7 rings (SSSR count). The van der Waals surface area contributed by atoms with Gasteiger partial charge in [0.1, 0.15) is 36.8 Å². The molecule has 4 atom stereocenters. The Bertz CT molecular complexity index is 2960. The number of Topliss-reactive ketones (excluding diaryl/α,β-unsaturated/α-hetero) is 1. The minimum Gasteiger partial charge on any atom is -0.458 e. The quantitative estimate of drug-likeness (QED) is 0.0469. The predicted octanol–water partition coefficient (Wildman–Crippen LogP) is 4.26. The smallest absolute Gasteiger partial charge is 0.415 e. The number of anilines is 1.